The lowest BCUT2D eigenvalue weighted by molar-refractivity contribution is -0.385. The largest absolute Gasteiger partial charge is 0.477 e. The Bertz CT molecular complexity index is 433. The second kappa shape index (κ2) is 5.78. The lowest BCUT2D eigenvalue weighted by atomic mass is 10.2. The Morgan fingerprint density at radius 3 is 2.82 bits per heavy atom. The van der Waals surface area contributed by atoms with Gasteiger partial charge in [0.15, 0.2) is 0 Å². The lowest BCUT2D eigenvalue weighted by Crippen LogP contribution is -2.08. The van der Waals surface area contributed by atoms with Gasteiger partial charge in [0, 0.05) is 6.07 Å². The molecule has 0 radical (unpaired) electrons. The number of rotatable bonds is 5. The molecule has 0 aromatic carbocycles. The molecule has 7 nitrogen and oxygen atoms in total. The third-order valence-electron chi connectivity index (χ3n) is 1.90. The summed E-state index contributed by atoms with van der Waals surface area (Å²) in [4.78, 5) is 25.1. The Morgan fingerprint density at radius 1 is 1.59 bits per heavy atom. The van der Waals surface area contributed by atoms with Crippen LogP contribution in [-0.4, -0.2) is 29.6 Å². The Kier molecular flexibility index (Phi) is 4.38. The fraction of sp³-hybridized carbons (Fsp3) is 0.400. The van der Waals surface area contributed by atoms with E-state index in [9.17, 15) is 14.9 Å². The average Bonchev–Trinajstić information content (AvgIpc) is 2.35. The third kappa shape index (κ3) is 3.13. The second-order valence-electron chi connectivity index (χ2n) is 3.14. The summed E-state index contributed by atoms with van der Waals surface area (Å²) in [7, 11) is 1.19. The summed E-state index contributed by atoms with van der Waals surface area (Å²) in [6.07, 6.45) is 1.77. The van der Waals surface area contributed by atoms with Crippen molar-refractivity contribution in [3.05, 3.63) is 27.9 Å². The van der Waals surface area contributed by atoms with Crippen LogP contribution in [0.5, 0.6) is 5.88 Å². The van der Waals surface area contributed by atoms with Gasteiger partial charge in [-0.25, -0.2) is 9.78 Å². The predicted molar refractivity (Wildman–Crippen MR) is 58.0 cm³/mol. The van der Waals surface area contributed by atoms with Gasteiger partial charge in [-0.05, 0) is 6.42 Å². The van der Waals surface area contributed by atoms with E-state index in [0.717, 1.165) is 18.7 Å². The number of hydrogen-bond donors (Lipinski definition) is 0. The van der Waals surface area contributed by atoms with E-state index < -0.39 is 10.9 Å². The van der Waals surface area contributed by atoms with Crippen LogP contribution in [-0.2, 0) is 4.74 Å². The van der Waals surface area contributed by atoms with Gasteiger partial charge in [0.05, 0.1) is 18.6 Å². The Balaban J connectivity index is 3.12. The lowest BCUT2D eigenvalue weighted by Gasteiger charge is -2.07. The summed E-state index contributed by atoms with van der Waals surface area (Å²) in [6.45, 7) is 2.26. The molecule has 7 heteroatoms. The van der Waals surface area contributed by atoms with Gasteiger partial charge in [0.1, 0.15) is 11.8 Å². The number of esters is 1. The van der Waals surface area contributed by atoms with Gasteiger partial charge in [-0.1, -0.05) is 6.92 Å². The number of carbonyl (C=O) groups is 1. The molecular formula is C10H12N2O5. The molecule has 0 unspecified atom stereocenters. The summed E-state index contributed by atoms with van der Waals surface area (Å²) in [5.74, 6) is -0.670. The molecule has 1 heterocycles. The number of methoxy groups -OCH3 is 1. The molecule has 0 aliphatic rings. The highest BCUT2D eigenvalue weighted by atomic mass is 16.6. The number of hydrogen-bond acceptors (Lipinski definition) is 6. The van der Waals surface area contributed by atoms with Crippen LogP contribution in [0.15, 0.2) is 12.3 Å². The normalized spacial score (nSPS) is 9.76. The highest BCUT2D eigenvalue weighted by molar-refractivity contribution is 5.92. The molecule has 0 aliphatic heterocycles. The van der Waals surface area contributed by atoms with Crippen molar-refractivity contribution in [2.24, 2.45) is 0 Å². The van der Waals surface area contributed by atoms with Gasteiger partial charge < -0.3 is 9.47 Å². The number of nitro groups is 1. The molecule has 0 saturated carbocycles. The van der Waals surface area contributed by atoms with E-state index in [2.05, 4.69) is 9.72 Å². The molecule has 0 fully saturated rings. The number of aromatic nitrogens is 1. The van der Waals surface area contributed by atoms with E-state index in [-0.39, 0.29) is 17.1 Å². The van der Waals surface area contributed by atoms with E-state index >= 15 is 0 Å². The standard InChI is InChI=1S/C10H12N2O5/c1-3-4-17-9-8(10(13)16-2)5-7(6-11-9)12(14)15/h5-6H,3-4H2,1-2H3. The van der Waals surface area contributed by atoms with Gasteiger partial charge in [-0.3, -0.25) is 10.1 Å². The molecule has 0 aliphatic carbocycles. The van der Waals surface area contributed by atoms with Crippen LogP contribution < -0.4 is 4.74 Å². The quantitative estimate of drug-likeness (QED) is 0.440. The summed E-state index contributed by atoms with van der Waals surface area (Å²) in [6, 6.07) is 1.09. The first-order chi connectivity index (χ1) is 8.10. The fourth-order valence-corrected chi connectivity index (χ4v) is 1.11. The van der Waals surface area contributed by atoms with Gasteiger partial charge in [-0.2, -0.15) is 0 Å². The van der Waals surface area contributed by atoms with Crippen molar-refractivity contribution in [2.75, 3.05) is 13.7 Å². The first-order valence-corrected chi connectivity index (χ1v) is 4.95. The molecular weight excluding hydrogens is 228 g/mol. The van der Waals surface area contributed by atoms with Crippen LogP contribution in [0.4, 0.5) is 5.69 Å². The zero-order valence-electron chi connectivity index (χ0n) is 9.50. The first kappa shape index (κ1) is 12.9. The Morgan fingerprint density at radius 2 is 2.29 bits per heavy atom. The van der Waals surface area contributed by atoms with Crippen LogP contribution >= 0.6 is 0 Å². The number of pyridine rings is 1. The zero-order chi connectivity index (χ0) is 12.8. The van der Waals surface area contributed by atoms with Crippen molar-refractivity contribution < 1.29 is 19.2 Å². The minimum absolute atomic E-state index is 0.0456. The molecule has 1 aromatic rings. The molecule has 92 valence electrons. The maximum absolute atomic E-state index is 11.4. The molecule has 0 spiro atoms. The van der Waals surface area contributed by atoms with Crippen molar-refractivity contribution in [2.45, 2.75) is 13.3 Å². The average molecular weight is 240 g/mol. The molecule has 0 saturated heterocycles. The minimum Gasteiger partial charge on any atom is -0.477 e. The molecule has 0 atom stereocenters. The van der Waals surface area contributed by atoms with E-state index in [1.54, 1.807) is 0 Å². The van der Waals surface area contributed by atoms with Crippen molar-refractivity contribution in [3.63, 3.8) is 0 Å². The van der Waals surface area contributed by atoms with E-state index in [1.165, 1.54) is 7.11 Å². The summed E-state index contributed by atoms with van der Waals surface area (Å²) in [5, 5.41) is 10.6. The predicted octanol–water partition coefficient (Wildman–Crippen LogP) is 1.57. The number of ether oxygens (including phenoxy) is 2. The van der Waals surface area contributed by atoms with E-state index in [1.807, 2.05) is 6.92 Å². The van der Waals surface area contributed by atoms with E-state index in [0.29, 0.717) is 6.61 Å². The van der Waals surface area contributed by atoms with Gasteiger partial charge >= 0.3 is 5.97 Å². The van der Waals surface area contributed by atoms with Crippen molar-refractivity contribution in [1.82, 2.24) is 4.98 Å². The van der Waals surface area contributed by atoms with Crippen LogP contribution in [0.3, 0.4) is 0 Å². The van der Waals surface area contributed by atoms with Gasteiger partial charge in [-0.15, -0.1) is 0 Å². The molecule has 1 rings (SSSR count). The highest BCUT2D eigenvalue weighted by Crippen LogP contribution is 2.21. The molecule has 0 amide bonds. The second-order valence-corrected chi connectivity index (χ2v) is 3.14. The van der Waals surface area contributed by atoms with E-state index in [4.69, 9.17) is 4.74 Å². The molecule has 0 bridgehead atoms. The van der Waals surface area contributed by atoms with Gasteiger partial charge in [0.2, 0.25) is 5.88 Å². The number of carbonyl (C=O) groups excluding carboxylic acids is 1. The molecule has 0 N–H and O–H groups in total. The van der Waals surface area contributed by atoms with Gasteiger partial charge in [0.25, 0.3) is 5.69 Å². The van der Waals surface area contributed by atoms with Crippen molar-refractivity contribution >= 4 is 11.7 Å². The Hall–Kier alpha value is -2.18. The molecule has 1 aromatic heterocycles. The van der Waals surface area contributed by atoms with Crippen LogP contribution in [0.2, 0.25) is 0 Å². The molecule has 17 heavy (non-hydrogen) atoms. The zero-order valence-corrected chi connectivity index (χ0v) is 9.50. The maximum Gasteiger partial charge on any atom is 0.343 e. The van der Waals surface area contributed by atoms with Crippen molar-refractivity contribution in [3.8, 4) is 5.88 Å². The first-order valence-electron chi connectivity index (χ1n) is 4.95. The fourth-order valence-electron chi connectivity index (χ4n) is 1.11. The minimum atomic E-state index is -0.715. The van der Waals surface area contributed by atoms with Crippen molar-refractivity contribution in [1.29, 1.82) is 0 Å². The maximum atomic E-state index is 11.4. The van der Waals surface area contributed by atoms with Crippen LogP contribution in [0.1, 0.15) is 23.7 Å². The summed E-state index contributed by atoms with van der Waals surface area (Å²) < 4.78 is 9.72. The topological polar surface area (TPSA) is 91.6 Å². The summed E-state index contributed by atoms with van der Waals surface area (Å²) in [5.41, 5.74) is -0.329. The monoisotopic (exact) mass is 240 g/mol. The highest BCUT2D eigenvalue weighted by Gasteiger charge is 2.19. The number of nitrogens with zero attached hydrogens (tertiary/aromatic N) is 2. The SMILES string of the molecule is CCCOc1ncc([N+](=O)[O-])cc1C(=O)OC. The summed E-state index contributed by atoms with van der Waals surface area (Å²) >= 11 is 0. The smallest absolute Gasteiger partial charge is 0.343 e. The Labute approximate surface area is 97.5 Å². The third-order valence-corrected chi connectivity index (χ3v) is 1.90. The van der Waals surface area contributed by atoms with Crippen LogP contribution in [0, 0.1) is 10.1 Å². The van der Waals surface area contributed by atoms with Crippen LogP contribution in [0.25, 0.3) is 0 Å².